The predicted octanol–water partition coefficient (Wildman–Crippen LogP) is 5.16. The van der Waals surface area contributed by atoms with Crippen LogP contribution in [0.5, 0.6) is 5.75 Å². The van der Waals surface area contributed by atoms with Crippen LogP contribution in [0.3, 0.4) is 0 Å². The minimum Gasteiger partial charge on any atom is -0.506 e. The van der Waals surface area contributed by atoms with E-state index in [1.165, 1.54) is 30.2 Å². The van der Waals surface area contributed by atoms with Gasteiger partial charge in [0.2, 0.25) is 0 Å². The summed E-state index contributed by atoms with van der Waals surface area (Å²) >= 11 is 0. The number of halogens is 3. The number of ether oxygens (including phenoxy) is 1. The molecular weight excluding hydrogens is 503 g/mol. The van der Waals surface area contributed by atoms with Gasteiger partial charge < -0.3 is 14.9 Å². The fourth-order valence-electron chi connectivity index (χ4n) is 4.27. The van der Waals surface area contributed by atoms with Crippen LogP contribution in [0, 0.1) is 13.8 Å². The molecule has 0 saturated carbocycles. The van der Waals surface area contributed by atoms with Crippen molar-refractivity contribution in [1.29, 1.82) is 0 Å². The molecule has 0 aliphatic carbocycles. The molecule has 1 atom stereocenters. The minimum absolute atomic E-state index is 0.00641. The monoisotopic (exact) mass is 527 g/mol. The molecule has 3 N–H and O–H groups in total. The first kappa shape index (κ1) is 26.7. The van der Waals surface area contributed by atoms with Gasteiger partial charge in [-0.25, -0.2) is 4.79 Å². The third-order valence-electron chi connectivity index (χ3n) is 6.02. The number of nitrogens with zero attached hydrogens (tertiary/aromatic N) is 2. The number of carbonyl (C=O) groups is 2. The summed E-state index contributed by atoms with van der Waals surface area (Å²) in [5.41, 5.74) is 4.43. The largest absolute Gasteiger partial charge is 0.506 e. The number of aromatic hydroxyl groups is 1. The Labute approximate surface area is 216 Å². The molecule has 0 saturated heterocycles. The van der Waals surface area contributed by atoms with Crippen LogP contribution in [0.25, 0.3) is 0 Å². The molecule has 1 aliphatic heterocycles. The highest BCUT2D eigenvalue weighted by Crippen LogP contribution is 2.41. The summed E-state index contributed by atoms with van der Waals surface area (Å²) in [6.07, 6.45) is -5.70. The number of carboxylic acids is 1. The molecule has 1 amide bonds. The number of rotatable bonds is 7. The van der Waals surface area contributed by atoms with Gasteiger partial charge in [0.15, 0.2) is 11.8 Å². The lowest BCUT2D eigenvalue weighted by molar-refractivity contribution is -0.148. The third kappa shape index (κ3) is 5.32. The molecule has 8 nitrogen and oxygen atoms in total. The SMILES string of the molecule is COC(Cc1ccc(N/N=C2\C(=O)N(c3cc(C)cc(C)c3)c3cc(C(F)(F)F)ccc32)c(O)c1)C(=O)O. The second-order valence-corrected chi connectivity index (χ2v) is 8.91. The molecule has 0 radical (unpaired) electrons. The molecular formula is C27H24F3N3O5. The Hall–Kier alpha value is -4.38. The normalized spacial score (nSPS) is 15.1. The zero-order valence-electron chi connectivity index (χ0n) is 20.6. The molecule has 0 aromatic heterocycles. The highest BCUT2D eigenvalue weighted by Gasteiger charge is 2.39. The molecule has 11 heteroatoms. The van der Waals surface area contributed by atoms with E-state index in [0.717, 1.165) is 23.3 Å². The van der Waals surface area contributed by atoms with E-state index in [1.54, 1.807) is 18.2 Å². The van der Waals surface area contributed by atoms with Crippen molar-refractivity contribution in [2.45, 2.75) is 32.5 Å². The van der Waals surface area contributed by atoms with Crippen molar-refractivity contribution in [2.75, 3.05) is 17.4 Å². The standard InChI is InChI=1S/C27H24F3N3O5/c1-14-8-15(2)10-18(9-14)33-21-13-17(27(28,29)30)5-6-19(21)24(25(33)35)32-31-20-7-4-16(11-22(20)34)12-23(38-3)26(36)37/h4-11,13,23,31,34H,12H2,1-3H3,(H,36,37)/b32-24-. The van der Waals surface area contributed by atoms with Crippen molar-refractivity contribution >= 4 is 34.7 Å². The van der Waals surface area contributed by atoms with Crippen molar-refractivity contribution in [3.63, 3.8) is 0 Å². The Morgan fingerprint density at radius 2 is 1.76 bits per heavy atom. The van der Waals surface area contributed by atoms with E-state index >= 15 is 0 Å². The lowest BCUT2D eigenvalue weighted by Crippen LogP contribution is -2.26. The van der Waals surface area contributed by atoms with Gasteiger partial charge in [0.25, 0.3) is 5.91 Å². The van der Waals surface area contributed by atoms with Crippen molar-refractivity contribution in [3.8, 4) is 5.75 Å². The van der Waals surface area contributed by atoms with Gasteiger partial charge in [-0.2, -0.15) is 18.3 Å². The lowest BCUT2D eigenvalue weighted by atomic mass is 10.1. The molecule has 0 spiro atoms. The Bertz CT molecular complexity index is 1430. The molecule has 38 heavy (non-hydrogen) atoms. The van der Waals surface area contributed by atoms with Gasteiger partial charge in [0.1, 0.15) is 5.75 Å². The Kier molecular flexibility index (Phi) is 7.14. The number of phenols is 1. The van der Waals surface area contributed by atoms with Crippen LogP contribution >= 0.6 is 0 Å². The summed E-state index contributed by atoms with van der Waals surface area (Å²) < 4.78 is 45.4. The van der Waals surface area contributed by atoms with E-state index in [9.17, 15) is 27.9 Å². The van der Waals surface area contributed by atoms with Crippen LogP contribution in [-0.2, 0) is 26.9 Å². The summed E-state index contributed by atoms with van der Waals surface area (Å²) in [4.78, 5) is 25.8. The molecule has 0 bridgehead atoms. The van der Waals surface area contributed by atoms with Crippen molar-refractivity contribution in [1.82, 2.24) is 0 Å². The third-order valence-corrected chi connectivity index (χ3v) is 6.02. The molecule has 1 aliphatic rings. The number of aryl methyl sites for hydroxylation is 2. The number of carboxylic acid groups (broad SMARTS) is 1. The predicted molar refractivity (Wildman–Crippen MR) is 135 cm³/mol. The number of benzene rings is 3. The quantitative estimate of drug-likeness (QED) is 0.289. The summed E-state index contributed by atoms with van der Waals surface area (Å²) in [6.45, 7) is 3.64. The zero-order valence-corrected chi connectivity index (χ0v) is 20.6. The van der Waals surface area contributed by atoms with Crippen molar-refractivity contribution in [2.24, 2.45) is 5.10 Å². The fraction of sp³-hybridized carbons (Fsp3) is 0.222. The van der Waals surface area contributed by atoms with Crippen LogP contribution < -0.4 is 10.3 Å². The van der Waals surface area contributed by atoms with Gasteiger partial charge in [-0.3, -0.25) is 15.1 Å². The number of anilines is 3. The molecule has 3 aromatic rings. The number of phenolic OH excluding ortho intramolecular Hbond substituents is 1. The number of hydrazone groups is 1. The molecule has 1 heterocycles. The summed E-state index contributed by atoms with van der Waals surface area (Å²) in [5, 5.41) is 23.7. The number of methoxy groups -OCH3 is 1. The maximum Gasteiger partial charge on any atom is 0.416 e. The van der Waals surface area contributed by atoms with E-state index in [4.69, 9.17) is 9.84 Å². The second kappa shape index (κ2) is 10.2. The van der Waals surface area contributed by atoms with Crippen molar-refractivity contribution in [3.05, 3.63) is 82.4 Å². The number of hydrogen-bond donors (Lipinski definition) is 3. The number of alkyl halides is 3. The number of amides is 1. The molecule has 0 fully saturated rings. The molecule has 1 unspecified atom stereocenters. The summed E-state index contributed by atoms with van der Waals surface area (Å²) in [7, 11) is 1.26. The zero-order chi connectivity index (χ0) is 27.8. The Balaban J connectivity index is 1.71. The van der Waals surface area contributed by atoms with Gasteiger partial charge >= 0.3 is 12.1 Å². The van der Waals surface area contributed by atoms with Crippen LogP contribution in [0.4, 0.5) is 30.2 Å². The lowest BCUT2D eigenvalue weighted by Gasteiger charge is -2.19. The number of aliphatic carboxylic acids is 1. The van der Waals surface area contributed by atoms with E-state index in [1.807, 2.05) is 19.9 Å². The molecule has 198 valence electrons. The summed E-state index contributed by atoms with van der Waals surface area (Å²) in [6, 6.07) is 12.6. The molecule has 4 rings (SSSR count). The summed E-state index contributed by atoms with van der Waals surface area (Å²) in [5.74, 6) is -2.06. The highest BCUT2D eigenvalue weighted by molar-refractivity contribution is 6.55. The fourth-order valence-corrected chi connectivity index (χ4v) is 4.27. The maximum absolute atomic E-state index is 13.5. The van der Waals surface area contributed by atoms with Crippen LogP contribution in [-0.4, -0.2) is 41.0 Å². The number of nitrogens with one attached hydrogen (secondary N) is 1. The topological polar surface area (TPSA) is 111 Å². The van der Waals surface area contributed by atoms with Gasteiger partial charge in [0, 0.05) is 24.8 Å². The van der Waals surface area contributed by atoms with Gasteiger partial charge in [0.05, 0.1) is 16.9 Å². The average Bonchev–Trinajstić information content (AvgIpc) is 3.11. The Morgan fingerprint density at radius 1 is 1.08 bits per heavy atom. The van der Waals surface area contributed by atoms with Crippen molar-refractivity contribution < 1.29 is 37.7 Å². The van der Waals surface area contributed by atoms with Crippen LogP contribution in [0.2, 0.25) is 0 Å². The first-order valence-electron chi connectivity index (χ1n) is 11.4. The van der Waals surface area contributed by atoms with Gasteiger partial charge in [-0.05, 0) is 73.0 Å². The van der Waals surface area contributed by atoms with E-state index in [0.29, 0.717) is 11.3 Å². The van der Waals surface area contributed by atoms with E-state index < -0.39 is 29.7 Å². The number of carbonyl (C=O) groups excluding carboxylic acids is 1. The van der Waals surface area contributed by atoms with Gasteiger partial charge in [-0.1, -0.05) is 12.1 Å². The Morgan fingerprint density at radius 3 is 2.34 bits per heavy atom. The smallest absolute Gasteiger partial charge is 0.416 e. The van der Waals surface area contributed by atoms with Crippen LogP contribution in [0.1, 0.15) is 27.8 Å². The first-order valence-corrected chi connectivity index (χ1v) is 11.4. The average molecular weight is 527 g/mol. The second-order valence-electron chi connectivity index (χ2n) is 8.91. The van der Waals surface area contributed by atoms with Crippen LogP contribution in [0.15, 0.2) is 59.7 Å². The molecule has 3 aromatic carbocycles. The van der Waals surface area contributed by atoms with E-state index in [2.05, 4.69) is 10.5 Å². The number of hydrogen-bond acceptors (Lipinski definition) is 6. The minimum atomic E-state index is -4.61. The number of fused-ring (bicyclic) bond motifs is 1. The maximum atomic E-state index is 13.5. The highest BCUT2D eigenvalue weighted by atomic mass is 19.4. The first-order chi connectivity index (χ1) is 17.9. The van der Waals surface area contributed by atoms with E-state index in [-0.39, 0.29) is 34.8 Å². The van der Waals surface area contributed by atoms with Gasteiger partial charge in [-0.15, -0.1) is 0 Å².